The molecule has 1 amide bonds. The van der Waals surface area contributed by atoms with Crippen molar-refractivity contribution in [2.45, 2.75) is 39.5 Å². The van der Waals surface area contributed by atoms with Gasteiger partial charge in [0, 0.05) is 30.9 Å². The third-order valence-corrected chi connectivity index (χ3v) is 5.42. The summed E-state index contributed by atoms with van der Waals surface area (Å²) in [6.45, 7) is 17.9. The number of aliphatic imine (C=N–C) groups is 1. The Kier molecular flexibility index (Phi) is 10.4. The minimum absolute atomic E-state index is 0.00175. The molecule has 2 saturated heterocycles. The molecule has 172 valence electrons. The van der Waals surface area contributed by atoms with Crippen LogP contribution in [0.3, 0.4) is 0 Å². The Hall–Kier alpha value is -3.15. The Morgan fingerprint density at radius 2 is 1.78 bits per heavy atom. The van der Waals surface area contributed by atoms with Gasteiger partial charge >= 0.3 is 0 Å². The summed E-state index contributed by atoms with van der Waals surface area (Å²) in [6, 6.07) is 8.40. The van der Waals surface area contributed by atoms with Gasteiger partial charge in [0.05, 0.1) is 23.7 Å². The second-order valence-electron chi connectivity index (χ2n) is 7.79. The lowest BCUT2D eigenvalue weighted by Crippen LogP contribution is -2.45. The van der Waals surface area contributed by atoms with E-state index < -0.39 is 0 Å². The average Bonchev–Trinajstić information content (AvgIpc) is 3.09. The molecule has 0 spiro atoms. The summed E-state index contributed by atoms with van der Waals surface area (Å²) in [6.07, 6.45) is 8.95. The maximum Gasteiger partial charge on any atom is 0.241 e. The summed E-state index contributed by atoms with van der Waals surface area (Å²) in [5.41, 5.74) is 4.53. The van der Waals surface area contributed by atoms with Crippen molar-refractivity contribution in [1.29, 1.82) is 0 Å². The Bertz CT molecular complexity index is 863. The van der Waals surface area contributed by atoms with Crippen LogP contribution in [-0.4, -0.2) is 55.1 Å². The van der Waals surface area contributed by atoms with E-state index in [0.29, 0.717) is 13.1 Å². The maximum absolute atomic E-state index is 11.6. The van der Waals surface area contributed by atoms with Crippen molar-refractivity contribution in [3.63, 3.8) is 0 Å². The fourth-order valence-corrected chi connectivity index (χ4v) is 3.88. The minimum atomic E-state index is -0.00175. The first-order valence-corrected chi connectivity index (χ1v) is 11.4. The molecule has 0 aromatic heterocycles. The van der Waals surface area contributed by atoms with E-state index in [4.69, 9.17) is 4.99 Å². The molecule has 0 saturated carbocycles. The van der Waals surface area contributed by atoms with Crippen LogP contribution in [-0.2, 0) is 4.79 Å². The standard InChI is InChI=1S/C24H33N5O.C2H4/c1-4-11-22(20(3)27-29-17-14-25-24(30)18-29)26-19(2)21-12-7-8-13-23(21)28-15-9-5-6-10-16-28;1-2/h4,7-8,11-13H,2,5-6,9-10,14-18H2,1,3H3,(H,25,30);1-2H2/b11-4-,26-22?,27-20+;. The smallest absolute Gasteiger partial charge is 0.241 e. The third-order valence-electron chi connectivity index (χ3n) is 5.42. The van der Waals surface area contributed by atoms with Gasteiger partial charge in [-0.2, -0.15) is 5.10 Å². The molecule has 0 unspecified atom stereocenters. The average molecular weight is 436 g/mol. The van der Waals surface area contributed by atoms with Crippen molar-refractivity contribution < 1.29 is 4.79 Å². The molecule has 0 radical (unpaired) electrons. The number of para-hydroxylation sites is 1. The first-order chi connectivity index (χ1) is 15.6. The molecule has 1 aromatic carbocycles. The summed E-state index contributed by atoms with van der Waals surface area (Å²) >= 11 is 0. The van der Waals surface area contributed by atoms with E-state index in [2.05, 4.69) is 53.3 Å². The van der Waals surface area contributed by atoms with Crippen molar-refractivity contribution in [2.75, 3.05) is 37.6 Å². The van der Waals surface area contributed by atoms with Gasteiger partial charge in [0.25, 0.3) is 0 Å². The number of nitrogens with one attached hydrogen (secondary N) is 1. The van der Waals surface area contributed by atoms with Crippen LogP contribution >= 0.6 is 0 Å². The molecule has 3 rings (SSSR count). The van der Waals surface area contributed by atoms with E-state index in [1.807, 2.05) is 32.1 Å². The SMILES string of the molecule is C=C.C=C(N=C(/C=C\C)/C(C)=N/N1CCNC(=O)C1)c1ccccc1N1CCCCCC1. The summed E-state index contributed by atoms with van der Waals surface area (Å²) in [5.74, 6) is -0.00175. The van der Waals surface area contributed by atoms with E-state index in [9.17, 15) is 4.79 Å². The number of piperazine rings is 1. The highest BCUT2D eigenvalue weighted by Crippen LogP contribution is 2.29. The third kappa shape index (κ3) is 7.22. The molecule has 2 heterocycles. The zero-order valence-electron chi connectivity index (χ0n) is 19.6. The van der Waals surface area contributed by atoms with E-state index >= 15 is 0 Å². The van der Waals surface area contributed by atoms with Crippen LogP contribution in [0, 0.1) is 0 Å². The van der Waals surface area contributed by atoms with Crippen LogP contribution in [0.5, 0.6) is 0 Å². The summed E-state index contributed by atoms with van der Waals surface area (Å²) in [7, 11) is 0. The van der Waals surface area contributed by atoms with Gasteiger partial charge in [0.1, 0.15) is 6.54 Å². The molecule has 0 atom stereocenters. The minimum Gasteiger partial charge on any atom is -0.371 e. The first kappa shape index (κ1) is 25.1. The van der Waals surface area contributed by atoms with Gasteiger partial charge in [-0.05, 0) is 38.8 Å². The van der Waals surface area contributed by atoms with Gasteiger partial charge in [-0.15, -0.1) is 13.2 Å². The van der Waals surface area contributed by atoms with Crippen LogP contribution in [0.1, 0.15) is 45.1 Å². The highest BCUT2D eigenvalue weighted by Gasteiger charge is 2.17. The first-order valence-electron chi connectivity index (χ1n) is 11.4. The lowest BCUT2D eigenvalue weighted by atomic mass is 10.1. The van der Waals surface area contributed by atoms with Gasteiger partial charge < -0.3 is 10.2 Å². The topological polar surface area (TPSA) is 60.3 Å². The van der Waals surface area contributed by atoms with Crippen molar-refractivity contribution >= 4 is 28.7 Å². The molecule has 1 N–H and O–H groups in total. The van der Waals surface area contributed by atoms with Crippen molar-refractivity contribution in [2.24, 2.45) is 10.1 Å². The fraction of sp³-hybridized carbons (Fsp3) is 0.423. The van der Waals surface area contributed by atoms with E-state index in [1.165, 1.54) is 31.4 Å². The Morgan fingerprint density at radius 1 is 1.09 bits per heavy atom. The van der Waals surface area contributed by atoms with E-state index in [-0.39, 0.29) is 12.5 Å². The monoisotopic (exact) mass is 435 g/mol. The maximum atomic E-state index is 11.6. The summed E-state index contributed by atoms with van der Waals surface area (Å²) < 4.78 is 0. The highest BCUT2D eigenvalue weighted by atomic mass is 16.2. The molecule has 1 aromatic rings. The molecule has 6 heteroatoms. The van der Waals surface area contributed by atoms with Crippen molar-refractivity contribution in [3.8, 4) is 0 Å². The molecular formula is C26H37N5O. The molecule has 6 nitrogen and oxygen atoms in total. The Morgan fingerprint density at radius 3 is 2.44 bits per heavy atom. The summed E-state index contributed by atoms with van der Waals surface area (Å²) in [4.78, 5) is 19.0. The zero-order chi connectivity index (χ0) is 23.3. The number of nitrogens with zero attached hydrogens (tertiary/aromatic N) is 4. The lowest BCUT2D eigenvalue weighted by molar-refractivity contribution is -0.124. The molecule has 32 heavy (non-hydrogen) atoms. The quantitative estimate of drug-likeness (QED) is 0.522. The largest absolute Gasteiger partial charge is 0.371 e. The van der Waals surface area contributed by atoms with Crippen molar-refractivity contribution in [3.05, 3.63) is 61.7 Å². The van der Waals surface area contributed by atoms with Gasteiger partial charge in [0.15, 0.2) is 0 Å². The molecular weight excluding hydrogens is 398 g/mol. The number of carbonyl (C=O) groups excluding carboxylic acids is 1. The lowest BCUT2D eigenvalue weighted by Gasteiger charge is -2.25. The molecule has 0 bridgehead atoms. The second kappa shape index (κ2) is 13.3. The van der Waals surface area contributed by atoms with Crippen LogP contribution in [0.4, 0.5) is 5.69 Å². The van der Waals surface area contributed by atoms with Crippen molar-refractivity contribution in [1.82, 2.24) is 10.3 Å². The number of hydrazone groups is 1. The van der Waals surface area contributed by atoms with E-state index in [1.54, 1.807) is 5.01 Å². The number of amides is 1. The van der Waals surface area contributed by atoms with Crippen LogP contribution < -0.4 is 10.2 Å². The Labute approximate surface area is 193 Å². The zero-order valence-corrected chi connectivity index (χ0v) is 19.6. The van der Waals surface area contributed by atoms with Crippen LogP contribution in [0.15, 0.2) is 66.2 Å². The second-order valence-corrected chi connectivity index (χ2v) is 7.79. The van der Waals surface area contributed by atoms with Gasteiger partial charge in [-0.3, -0.25) is 9.80 Å². The fourth-order valence-electron chi connectivity index (χ4n) is 3.88. The summed E-state index contributed by atoms with van der Waals surface area (Å²) in [5, 5.41) is 9.25. The predicted octanol–water partition coefficient (Wildman–Crippen LogP) is 4.66. The molecule has 2 fully saturated rings. The molecule has 2 aliphatic rings. The number of carbonyl (C=O) groups is 1. The number of anilines is 1. The van der Waals surface area contributed by atoms with Gasteiger partial charge in [-0.1, -0.05) is 43.7 Å². The number of benzene rings is 1. The van der Waals surface area contributed by atoms with E-state index in [0.717, 1.165) is 35.8 Å². The van der Waals surface area contributed by atoms with Gasteiger partial charge in [0.2, 0.25) is 5.91 Å². The van der Waals surface area contributed by atoms with Crippen LogP contribution in [0.25, 0.3) is 5.70 Å². The van der Waals surface area contributed by atoms with Gasteiger partial charge in [-0.25, -0.2) is 4.99 Å². The highest BCUT2D eigenvalue weighted by molar-refractivity contribution is 6.46. The number of rotatable bonds is 6. The number of hydrogen-bond donors (Lipinski definition) is 1. The predicted molar refractivity (Wildman–Crippen MR) is 137 cm³/mol. The molecule has 0 aliphatic carbocycles. The number of allylic oxidation sites excluding steroid dienone is 2. The van der Waals surface area contributed by atoms with Crippen LogP contribution in [0.2, 0.25) is 0 Å². The normalized spacial score (nSPS) is 18.0. The molecule has 2 aliphatic heterocycles. The Balaban J connectivity index is 0.00000176. The number of hydrogen-bond acceptors (Lipinski definition) is 5.